The van der Waals surface area contributed by atoms with Crippen molar-refractivity contribution in [1.82, 2.24) is 4.90 Å². The van der Waals surface area contributed by atoms with Crippen LogP contribution in [0.3, 0.4) is 0 Å². The third-order valence-electron chi connectivity index (χ3n) is 4.23. The largest absolute Gasteiger partial charge is 0.457 e. The number of aliphatic imine (C=N–C) groups is 1. The highest BCUT2D eigenvalue weighted by Crippen LogP contribution is 2.25. The van der Waals surface area contributed by atoms with Gasteiger partial charge in [0.25, 0.3) is 0 Å². The number of carbonyl (C=O) groups excluding carboxylic acids is 1. The van der Waals surface area contributed by atoms with Crippen molar-refractivity contribution in [2.75, 3.05) is 13.6 Å². The van der Waals surface area contributed by atoms with Gasteiger partial charge in [0.05, 0.1) is 17.6 Å². The van der Waals surface area contributed by atoms with Crippen molar-refractivity contribution >= 4 is 18.0 Å². The normalized spacial score (nSPS) is 11.0. The van der Waals surface area contributed by atoms with Crippen LogP contribution in [0.15, 0.2) is 35.3 Å². The van der Waals surface area contributed by atoms with Crippen molar-refractivity contribution in [3.05, 3.63) is 64.2 Å². The van der Waals surface area contributed by atoms with Crippen LogP contribution in [0.2, 0.25) is 0 Å². The van der Waals surface area contributed by atoms with Gasteiger partial charge in [0.2, 0.25) is 0 Å². The molecule has 0 saturated heterocycles. The van der Waals surface area contributed by atoms with Crippen molar-refractivity contribution in [3.63, 3.8) is 0 Å². The smallest absolute Gasteiger partial charge is 0.338 e. The minimum absolute atomic E-state index is 0.129. The molecular weight excluding hydrogens is 338 g/mol. The first-order valence-electron chi connectivity index (χ1n) is 8.29. The van der Waals surface area contributed by atoms with Gasteiger partial charge in [-0.1, -0.05) is 6.07 Å². The number of benzene rings is 2. The first-order chi connectivity index (χ1) is 12.3. The molecule has 2 aromatic carbocycles. The molecule has 0 aliphatic rings. The molecular formula is C20H22F2N2O2. The molecule has 0 saturated carbocycles. The van der Waals surface area contributed by atoms with Crippen LogP contribution >= 0.6 is 0 Å². The molecule has 2 aromatic rings. The molecule has 0 N–H and O–H groups in total. The number of ether oxygens (including phenoxy) is 1. The molecule has 0 heterocycles. The Labute approximate surface area is 152 Å². The Hall–Kier alpha value is -2.76. The maximum Gasteiger partial charge on any atom is 0.338 e. The maximum atomic E-state index is 13.2. The first kappa shape index (κ1) is 19.6. The van der Waals surface area contributed by atoms with Gasteiger partial charge < -0.3 is 9.64 Å². The van der Waals surface area contributed by atoms with Crippen molar-refractivity contribution in [2.45, 2.75) is 27.4 Å². The lowest BCUT2D eigenvalue weighted by Gasteiger charge is -2.12. The van der Waals surface area contributed by atoms with Gasteiger partial charge in [-0.3, -0.25) is 0 Å². The van der Waals surface area contributed by atoms with E-state index in [9.17, 15) is 13.6 Å². The number of esters is 1. The summed E-state index contributed by atoms with van der Waals surface area (Å²) in [6, 6.07) is 6.83. The van der Waals surface area contributed by atoms with Gasteiger partial charge >= 0.3 is 5.97 Å². The Balaban J connectivity index is 2.12. The molecule has 0 spiro atoms. The van der Waals surface area contributed by atoms with Crippen molar-refractivity contribution < 1.29 is 18.3 Å². The van der Waals surface area contributed by atoms with E-state index in [1.807, 2.05) is 32.7 Å². The zero-order valence-electron chi connectivity index (χ0n) is 15.3. The summed E-state index contributed by atoms with van der Waals surface area (Å²) in [5.41, 5.74) is 3.24. The summed E-state index contributed by atoms with van der Waals surface area (Å²) in [5.74, 6) is -2.42. The summed E-state index contributed by atoms with van der Waals surface area (Å²) in [7, 11) is 1.93. The minimum Gasteiger partial charge on any atom is -0.457 e. The molecule has 26 heavy (non-hydrogen) atoms. The topological polar surface area (TPSA) is 41.9 Å². The minimum atomic E-state index is -0.968. The van der Waals surface area contributed by atoms with E-state index in [2.05, 4.69) is 4.99 Å². The first-order valence-corrected chi connectivity index (χ1v) is 8.29. The molecule has 0 fully saturated rings. The average molecular weight is 360 g/mol. The standard InChI is InChI=1S/C20H22F2N2O2/c1-5-24(4)12-23-19-9-7-16(13(2)14(19)3)20(25)26-11-15-6-8-17(21)18(22)10-15/h6-10,12H,5,11H2,1-4H3/b23-12+. The van der Waals surface area contributed by atoms with Gasteiger partial charge in [0, 0.05) is 13.6 Å². The van der Waals surface area contributed by atoms with E-state index in [0.717, 1.165) is 35.5 Å². The second-order valence-electron chi connectivity index (χ2n) is 6.02. The molecule has 0 amide bonds. The van der Waals surface area contributed by atoms with Crippen LogP contribution in [0.25, 0.3) is 0 Å². The Morgan fingerprint density at radius 2 is 1.88 bits per heavy atom. The second-order valence-corrected chi connectivity index (χ2v) is 6.02. The highest BCUT2D eigenvalue weighted by molar-refractivity contribution is 5.92. The Morgan fingerprint density at radius 1 is 1.15 bits per heavy atom. The third kappa shape index (κ3) is 4.65. The lowest BCUT2D eigenvalue weighted by molar-refractivity contribution is 0.0471. The second kappa shape index (κ2) is 8.56. The summed E-state index contributed by atoms with van der Waals surface area (Å²) in [5, 5.41) is 0. The van der Waals surface area contributed by atoms with E-state index >= 15 is 0 Å². The van der Waals surface area contributed by atoms with Gasteiger partial charge in [-0.15, -0.1) is 0 Å². The van der Waals surface area contributed by atoms with Crippen LogP contribution in [-0.4, -0.2) is 30.8 Å². The number of halogens is 2. The van der Waals surface area contributed by atoms with Gasteiger partial charge in [-0.2, -0.15) is 0 Å². The zero-order chi connectivity index (χ0) is 19.3. The number of hydrogen-bond donors (Lipinski definition) is 0. The molecule has 0 unspecified atom stereocenters. The van der Waals surface area contributed by atoms with Gasteiger partial charge in [-0.25, -0.2) is 18.6 Å². The van der Waals surface area contributed by atoms with Crippen LogP contribution in [0.1, 0.15) is 34.0 Å². The van der Waals surface area contributed by atoms with Gasteiger partial charge in [0.15, 0.2) is 11.6 Å². The fourth-order valence-corrected chi connectivity index (χ4v) is 2.27. The Kier molecular flexibility index (Phi) is 6.44. The summed E-state index contributed by atoms with van der Waals surface area (Å²) >= 11 is 0. The van der Waals surface area contributed by atoms with Crippen LogP contribution in [0.5, 0.6) is 0 Å². The molecule has 0 atom stereocenters. The Bertz CT molecular complexity index is 835. The van der Waals surface area contributed by atoms with Crippen molar-refractivity contribution in [3.8, 4) is 0 Å². The maximum absolute atomic E-state index is 13.2. The monoisotopic (exact) mass is 360 g/mol. The van der Waals surface area contributed by atoms with E-state index in [4.69, 9.17) is 4.74 Å². The highest BCUT2D eigenvalue weighted by Gasteiger charge is 2.14. The van der Waals surface area contributed by atoms with E-state index in [1.54, 1.807) is 18.5 Å². The number of nitrogens with zero attached hydrogens (tertiary/aromatic N) is 2. The SMILES string of the molecule is CCN(C)/C=N/c1ccc(C(=O)OCc2ccc(F)c(F)c2)c(C)c1C. The van der Waals surface area contributed by atoms with Crippen LogP contribution in [-0.2, 0) is 11.3 Å². The molecule has 0 aliphatic carbocycles. The number of rotatable bonds is 6. The molecule has 0 aromatic heterocycles. The highest BCUT2D eigenvalue weighted by atomic mass is 19.2. The molecule has 4 nitrogen and oxygen atoms in total. The fraction of sp³-hybridized carbons (Fsp3) is 0.300. The summed E-state index contributed by atoms with van der Waals surface area (Å²) in [4.78, 5) is 18.7. The van der Waals surface area contributed by atoms with Gasteiger partial charge in [-0.05, 0) is 61.7 Å². The van der Waals surface area contributed by atoms with E-state index in [-0.39, 0.29) is 6.61 Å². The lowest BCUT2D eigenvalue weighted by atomic mass is 10.0. The van der Waals surface area contributed by atoms with Gasteiger partial charge in [0.1, 0.15) is 6.61 Å². The molecule has 2 rings (SSSR count). The summed E-state index contributed by atoms with van der Waals surface area (Å²) < 4.78 is 31.4. The molecule has 6 heteroatoms. The van der Waals surface area contributed by atoms with Crippen LogP contribution in [0, 0.1) is 25.5 Å². The van der Waals surface area contributed by atoms with E-state index in [1.165, 1.54) is 6.07 Å². The molecule has 0 radical (unpaired) electrons. The Morgan fingerprint density at radius 3 is 2.54 bits per heavy atom. The predicted molar refractivity (Wildman–Crippen MR) is 97.8 cm³/mol. The number of carbonyl (C=O) groups is 1. The van der Waals surface area contributed by atoms with Crippen molar-refractivity contribution in [2.24, 2.45) is 4.99 Å². The molecule has 0 bridgehead atoms. The average Bonchev–Trinajstić information content (AvgIpc) is 2.63. The third-order valence-corrected chi connectivity index (χ3v) is 4.23. The molecule has 138 valence electrons. The van der Waals surface area contributed by atoms with Crippen molar-refractivity contribution in [1.29, 1.82) is 0 Å². The van der Waals surface area contributed by atoms with Crippen LogP contribution in [0.4, 0.5) is 14.5 Å². The van der Waals surface area contributed by atoms with Crippen LogP contribution < -0.4 is 0 Å². The van der Waals surface area contributed by atoms with E-state index in [0.29, 0.717) is 11.1 Å². The number of hydrogen-bond acceptors (Lipinski definition) is 3. The predicted octanol–water partition coefficient (Wildman–Crippen LogP) is 4.55. The molecule has 0 aliphatic heterocycles. The quantitative estimate of drug-likeness (QED) is 0.431. The lowest BCUT2D eigenvalue weighted by Crippen LogP contribution is -2.14. The summed E-state index contributed by atoms with van der Waals surface area (Å²) in [6.07, 6.45) is 1.74. The van der Waals surface area contributed by atoms with E-state index < -0.39 is 17.6 Å². The summed E-state index contributed by atoms with van der Waals surface area (Å²) in [6.45, 7) is 6.45. The zero-order valence-corrected chi connectivity index (χ0v) is 15.3. The fourth-order valence-electron chi connectivity index (χ4n) is 2.27.